The van der Waals surface area contributed by atoms with Gasteiger partial charge in [0.1, 0.15) is 0 Å². The summed E-state index contributed by atoms with van der Waals surface area (Å²) in [6.45, 7) is 5.41. The molecule has 102 valence electrons. The summed E-state index contributed by atoms with van der Waals surface area (Å²) in [5.74, 6) is 0. The molecule has 0 fully saturated rings. The van der Waals surface area contributed by atoms with Crippen LogP contribution in [0, 0.1) is 0 Å². The summed E-state index contributed by atoms with van der Waals surface area (Å²) in [7, 11) is 0. The highest BCUT2D eigenvalue weighted by Gasteiger charge is 1.93. The number of hydrogen-bond acceptors (Lipinski definition) is 1. The van der Waals surface area contributed by atoms with Gasteiger partial charge in [-0.25, -0.2) is 0 Å². The Kier molecular flexibility index (Phi) is 5.81. The van der Waals surface area contributed by atoms with Crippen molar-refractivity contribution in [2.24, 2.45) is 0 Å². The van der Waals surface area contributed by atoms with Gasteiger partial charge in [0.25, 0.3) is 0 Å². The molecule has 0 aliphatic carbocycles. The molecule has 2 aromatic rings. The van der Waals surface area contributed by atoms with Crippen LogP contribution in [0.15, 0.2) is 78.9 Å². The molecular weight excluding hydrogens is 244 g/mol. The van der Waals surface area contributed by atoms with Crippen LogP contribution in [0.25, 0.3) is 6.08 Å². The van der Waals surface area contributed by atoms with Gasteiger partial charge in [0.15, 0.2) is 0 Å². The molecule has 0 saturated heterocycles. The van der Waals surface area contributed by atoms with Crippen LogP contribution in [-0.4, -0.2) is 6.61 Å². The van der Waals surface area contributed by atoms with Gasteiger partial charge in [0.2, 0.25) is 0 Å². The molecular formula is C19H20O. The van der Waals surface area contributed by atoms with E-state index in [0.717, 1.165) is 12.0 Å². The Morgan fingerprint density at radius 2 is 1.60 bits per heavy atom. The van der Waals surface area contributed by atoms with E-state index in [1.54, 1.807) is 0 Å². The monoisotopic (exact) mass is 264 g/mol. The van der Waals surface area contributed by atoms with Crippen LogP contribution in [0.3, 0.4) is 0 Å². The third-order valence-corrected chi connectivity index (χ3v) is 2.99. The van der Waals surface area contributed by atoms with Gasteiger partial charge in [-0.1, -0.05) is 85.0 Å². The number of hydrogen-bond donors (Lipinski definition) is 0. The molecule has 0 bridgehead atoms. The zero-order valence-electron chi connectivity index (χ0n) is 11.7. The first-order chi connectivity index (χ1) is 9.84. The lowest BCUT2D eigenvalue weighted by Gasteiger charge is -2.04. The smallest absolute Gasteiger partial charge is 0.0717 e. The summed E-state index contributed by atoms with van der Waals surface area (Å²) in [4.78, 5) is 0. The van der Waals surface area contributed by atoms with Crippen molar-refractivity contribution in [3.63, 3.8) is 0 Å². The van der Waals surface area contributed by atoms with Crippen LogP contribution < -0.4 is 0 Å². The van der Waals surface area contributed by atoms with Crippen LogP contribution in [0.4, 0.5) is 0 Å². The SMILES string of the molecule is C=C(/C=C/c1ccccc1)CCOCc1ccccc1. The lowest BCUT2D eigenvalue weighted by atomic mass is 10.1. The minimum atomic E-state index is 0.663. The largest absolute Gasteiger partial charge is 0.376 e. The minimum absolute atomic E-state index is 0.663. The molecule has 0 N–H and O–H groups in total. The zero-order valence-corrected chi connectivity index (χ0v) is 11.7. The van der Waals surface area contributed by atoms with Crippen LogP contribution in [0.1, 0.15) is 17.5 Å². The van der Waals surface area contributed by atoms with Crippen LogP contribution >= 0.6 is 0 Å². The van der Waals surface area contributed by atoms with Crippen molar-refractivity contribution in [3.05, 3.63) is 90.0 Å². The molecule has 0 saturated carbocycles. The molecule has 0 unspecified atom stereocenters. The van der Waals surface area contributed by atoms with Gasteiger partial charge in [-0.05, 0) is 17.5 Å². The Morgan fingerprint density at radius 1 is 0.950 bits per heavy atom. The number of allylic oxidation sites excluding steroid dienone is 1. The van der Waals surface area contributed by atoms with Crippen LogP contribution in [0.5, 0.6) is 0 Å². The van der Waals surface area contributed by atoms with E-state index in [4.69, 9.17) is 4.74 Å². The summed E-state index contributed by atoms with van der Waals surface area (Å²) in [5, 5.41) is 0. The van der Waals surface area contributed by atoms with E-state index in [9.17, 15) is 0 Å². The first-order valence-electron chi connectivity index (χ1n) is 6.87. The van der Waals surface area contributed by atoms with Crippen LogP contribution in [-0.2, 0) is 11.3 Å². The normalized spacial score (nSPS) is 10.8. The lowest BCUT2D eigenvalue weighted by Crippen LogP contribution is -1.95. The Morgan fingerprint density at radius 3 is 2.30 bits per heavy atom. The summed E-state index contributed by atoms with van der Waals surface area (Å²) >= 11 is 0. The van der Waals surface area contributed by atoms with Gasteiger partial charge in [0.05, 0.1) is 13.2 Å². The fraction of sp³-hybridized carbons (Fsp3) is 0.158. The van der Waals surface area contributed by atoms with E-state index in [-0.39, 0.29) is 0 Å². The molecule has 0 aromatic heterocycles. The Balaban J connectivity index is 1.67. The van der Waals surface area contributed by atoms with Crippen molar-refractivity contribution in [3.8, 4) is 0 Å². The molecule has 0 aliphatic rings. The first kappa shape index (κ1) is 14.3. The topological polar surface area (TPSA) is 9.23 Å². The maximum Gasteiger partial charge on any atom is 0.0717 e. The maximum absolute atomic E-state index is 5.65. The summed E-state index contributed by atoms with van der Waals surface area (Å²) in [5.41, 5.74) is 3.48. The molecule has 20 heavy (non-hydrogen) atoms. The van der Waals surface area contributed by atoms with Gasteiger partial charge < -0.3 is 4.74 Å². The second-order valence-electron chi connectivity index (χ2n) is 4.69. The molecule has 0 radical (unpaired) electrons. The van der Waals surface area contributed by atoms with E-state index in [2.05, 4.69) is 43.0 Å². The fourth-order valence-electron chi connectivity index (χ4n) is 1.83. The van der Waals surface area contributed by atoms with Gasteiger partial charge in [-0.3, -0.25) is 0 Å². The van der Waals surface area contributed by atoms with Crippen LogP contribution in [0.2, 0.25) is 0 Å². The molecule has 2 aromatic carbocycles. The predicted octanol–water partition coefficient (Wildman–Crippen LogP) is 4.86. The molecule has 1 heteroatoms. The Labute approximate surface area is 121 Å². The third-order valence-electron chi connectivity index (χ3n) is 2.99. The van der Waals surface area contributed by atoms with Crippen molar-refractivity contribution < 1.29 is 4.74 Å². The first-order valence-corrected chi connectivity index (χ1v) is 6.87. The molecule has 2 rings (SSSR count). The quantitative estimate of drug-likeness (QED) is 0.512. The fourth-order valence-corrected chi connectivity index (χ4v) is 1.83. The highest BCUT2D eigenvalue weighted by atomic mass is 16.5. The number of rotatable bonds is 7. The number of benzene rings is 2. The van der Waals surface area contributed by atoms with Gasteiger partial charge in [0, 0.05) is 0 Å². The predicted molar refractivity (Wildman–Crippen MR) is 85.3 cm³/mol. The van der Waals surface area contributed by atoms with E-state index < -0.39 is 0 Å². The maximum atomic E-state index is 5.65. The molecule has 0 amide bonds. The van der Waals surface area contributed by atoms with E-state index in [1.165, 1.54) is 11.1 Å². The van der Waals surface area contributed by atoms with Gasteiger partial charge >= 0.3 is 0 Å². The summed E-state index contributed by atoms with van der Waals surface area (Å²) in [6, 6.07) is 20.5. The minimum Gasteiger partial charge on any atom is -0.376 e. The average Bonchev–Trinajstić information content (AvgIpc) is 2.52. The highest BCUT2D eigenvalue weighted by molar-refractivity contribution is 5.52. The molecule has 0 spiro atoms. The van der Waals surface area contributed by atoms with Crippen molar-refractivity contribution in [2.75, 3.05) is 6.61 Å². The van der Waals surface area contributed by atoms with Crippen molar-refractivity contribution >= 4 is 6.08 Å². The molecule has 1 nitrogen and oxygen atoms in total. The standard InChI is InChI=1S/C19H20O/c1-17(12-13-18-8-4-2-5-9-18)14-15-20-16-19-10-6-3-7-11-19/h2-13H,1,14-16H2/b13-12+. The third kappa shape index (κ3) is 5.25. The average molecular weight is 264 g/mol. The van der Waals surface area contributed by atoms with Gasteiger partial charge in [-0.2, -0.15) is 0 Å². The van der Waals surface area contributed by atoms with E-state index in [0.29, 0.717) is 13.2 Å². The second kappa shape index (κ2) is 8.13. The second-order valence-corrected chi connectivity index (χ2v) is 4.69. The van der Waals surface area contributed by atoms with E-state index >= 15 is 0 Å². The molecule has 0 aliphatic heterocycles. The Bertz CT molecular complexity index is 540. The summed E-state index contributed by atoms with van der Waals surface area (Å²) in [6.07, 6.45) is 5.00. The number of ether oxygens (including phenoxy) is 1. The van der Waals surface area contributed by atoms with Crippen molar-refractivity contribution in [1.82, 2.24) is 0 Å². The summed E-state index contributed by atoms with van der Waals surface area (Å²) < 4.78 is 5.65. The highest BCUT2D eigenvalue weighted by Crippen LogP contribution is 2.08. The van der Waals surface area contributed by atoms with E-state index in [1.807, 2.05) is 36.4 Å². The Hall–Kier alpha value is -2.12. The lowest BCUT2D eigenvalue weighted by molar-refractivity contribution is 0.124. The van der Waals surface area contributed by atoms with Gasteiger partial charge in [-0.15, -0.1) is 0 Å². The van der Waals surface area contributed by atoms with Crippen molar-refractivity contribution in [2.45, 2.75) is 13.0 Å². The molecule has 0 heterocycles. The molecule has 0 atom stereocenters. The zero-order chi connectivity index (χ0) is 14.0. The van der Waals surface area contributed by atoms with Crippen molar-refractivity contribution in [1.29, 1.82) is 0 Å².